The second-order valence-corrected chi connectivity index (χ2v) is 2.75. The van der Waals surface area contributed by atoms with Gasteiger partial charge in [-0.05, 0) is 24.7 Å². The number of rotatable bonds is 0. The van der Waals surface area contributed by atoms with Crippen LogP contribution in [-0.4, -0.2) is 0 Å². The third-order valence-electron chi connectivity index (χ3n) is 1.34. The molecule has 0 atom stereocenters. The van der Waals surface area contributed by atoms with E-state index in [2.05, 4.69) is 31.7 Å². The molecule has 0 heterocycles. The van der Waals surface area contributed by atoms with E-state index in [0.717, 1.165) is 6.42 Å². The van der Waals surface area contributed by atoms with Crippen molar-refractivity contribution in [2.75, 3.05) is 0 Å². The lowest BCUT2D eigenvalue weighted by molar-refractivity contribution is 0.951. The summed E-state index contributed by atoms with van der Waals surface area (Å²) in [7, 11) is 0. The highest BCUT2D eigenvalue weighted by Crippen LogP contribution is 2.19. The average molecular weight is 126 g/mol. The van der Waals surface area contributed by atoms with Crippen molar-refractivity contribution in [1.82, 2.24) is 0 Å². The average Bonchev–Trinajstić information content (AvgIpc) is 1.77. The van der Waals surface area contributed by atoms with Crippen LogP contribution in [0, 0.1) is 0 Å². The van der Waals surface area contributed by atoms with Crippen molar-refractivity contribution in [3.8, 4) is 0 Å². The fraction of sp³-hybridized carbons (Fsp3) is 0.429. The van der Waals surface area contributed by atoms with Gasteiger partial charge in [0.05, 0.1) is 0 Å². The smallest absolute Gasteiger partial charge is 0.0181 e. The molecular weight excluding hydrogens is 116 g/mol. The zero-order valence-electron chi connectivity index (χ0n) is 5.02. The van der Waals surface area contributed by atoms with Gasteiger partial charge in [-0.3, -0.25) is 0 Å². The molecule has 0 aromatic heterocycles. The summed E-state index contributed by atoms with van der Waals surface area (Å²) >= 11 is 4.22. The van der Waals surface area contributed by atoms with E-state index in [1.54, 1.807) is 0 Å². The minimum Gasteiger partial charge on any atom is -0.148 e. The van der Waals surface area contributed by atoms with Gasteiger partial charge in [0, 0.05) is 0 Å². The van der Waals surface area contributed by atoms with E-state index < -0.39 is 0 Å². The molecule has 0 aliphatic heterocycles. The predicted molar refractivity (Wildman–Crippen MR) is 40.1 cm³/mol. The predicted octanol–water partition coefficient (Wildman–Crippen LogP) is 2.54. The van der Waals surface area contributed by atoms with Gasteiger partial charge in [0.15, 0.2) is 0 Å². The molecule has 0 unspecified atom stereocenters. The van der Waals surface area contributed by atoms with Crippen LogP contribution in [-0.2, 0) is 0 Å². The minimum absolute atomic E-state index is 1.13. The number of hydrogen-bond donors (Lipinski definition) is 1. The first-order valence-corrected chi connectivity index (χ1v) is 3.29. The van der Waals surface area contributed by atoms with E-state index in [-0.39, 0.29) is 0 Å². The fourth-order valence-electron chi connectivity index (χ4n) is 0.730. The van der Waals surface area contributed by atoms with Crippen LogP contribution in [0.5, 0.6) is 0 Å². The standard InChI is InChI=1S/C7H10S/c1-6-2-4-7(8)5-3-6/h2,4,8H,3,5H2,1H3. The van der Waals surface area contributed by atoms with E-state index in [4.69, 9.17) is 0 Å². The summed E-state index contributed by atoms with van der Waals surface area (Å²) in [6.07, 6.45) is 6.52. The van der Waals surface area contributed by atoms with Crippen LogP contribution in [0.25, 0.3) is 0 Å². The second kappa shape index (κ2) is 2.40. The maximum atomic E-state index is 4.22. The lowest BCUT2D eigenvalue weighted by Crippen LogP contribution is -1.83. The molecule has 44 valence electrons. The van der Waals surface area contributed by atoms with Crippen molar-refractivity contribution in [2.24, 2.45) is 0 Å². The van der Waals surface area contributed by atoms with Crippen molar-refractivity contribution in [3.63, 3.8) is 0 Å². The van der Waals surface area contributed by atoms with E-state index in [9.17, 15) is 0 Å². The molecule has 8 heavy (non-hydrogen) atoms. The molecule has 0 bridgehead atoms. The lowest BCUT2D eigenvalue weighted by Gasteiger charge is -2.04. The van der Waals surface area contributed by atoms with Crippen molar-refractivity contribution in [3.05, 3.63) is 22.6 Å². The van der Waals surface area contributed by atoms with Gasteiger partial charge in [-0.2, -0.15) is 0 Å². The van der Waals surface area contributed by atoms with Gasteiger partial charge < -0.3 is 0 Å². The summed E-state index contributed by atoms with van der Waals surface area (Å²) in [6.45, 7) is 2.15. The highest BCUT2D eigenvalue weighted by Gasteiger charge is 1.96. The van der Waals surface area contributed by atoms with E-state index in [0.29, 0.717) is 0 Å². The molecule has 0 fully saturated rings. The molecule has 0 aromatic rings. The van der Waals surface area contributed by atoms with Gasteiger partial charge >= 0.3 is 0 Å². The Morgan fingerprint density at radius 3 is 2.50 bits per heavy atom. The summed E-state index contributed by atoms with van der Waals surface area (Å²) in [5.41, 5.74) is 1.46. The normalized spacial score (nSPS) is 19.8. The third kappa shape index (κ3) is 1.41. The monoisotopic (exact) mass is 126 g/mol. The molecule has 0 amide bonds. The minimum atomic E-state index is 1.13. The SMILES string of the molecule is CC1=CC=C(S)CC1. The molecule has 0 saturated carbocycles. The third-order valence-corrected chi connectivity index (χ3v) is 1.71. The molecule has 0 spiro atoms. The van der Waals surface area contributed by atoms with Crippen LogP contribution < -0.4 is 0 Å². The van der Waals surface area contributed by atoms with Crippen molar-refractivity contribution in [2.45, 2.75) is 19.8 Å². The Morgan fingerprint density at radius 2 is 2.12 bits per heavy atom. The highest BCUT2D eigenvalue weighted by molar-refractivity contribution is 7.84. The summed E-state index contributed by atoms with van der Waals surface area (Å²) in [5.74, 6) is 0. The first-order chi connectivity index (χ1) is 3.79. The summed E-state index contributed by atoms with van der Waals surface area (Å²) in [6, 6.07) is 0. The molecule has 1 rings (SSSR count). The molecule has 0 radical (unpaired) electrons. The van der Waals surface area contributed by atoms with E-state index in [1.165, 1.54) is 16.9 Å². The first kappa shape index (κ1) is 5.96. The molecule has 1 heteroatoms. The molecule has 1 aliphatic rings. The van der Waals surface area contributed by atoms with Crippen LogP contribution in [0.4, 0.5) is 0 Å². The van der Waals surface area contributed by atoms with E-state index >= 15 is 0 Å². The Bertz CT molecular complexity index is 124. The Labute approximate surface area is 55.7 Å². The highest BCUT2D eigenvalue weighted by atomic mass is 32.1. The fourth-order valence-corrected chi connectivity index (χ4v) is 0.917. The van der Waals surface area contributed by atoms with Crippen molar-refractivity contribution >= 4 is 12.6 Å². The number of thiol groups is 1. The topological polar surface area (TPSA) is 0 Å². The molecule has 0 nitrogen and oxygen atoms in total. The maximum absolute atomic E-state index is 4.22. The summed E-state index contributed by atoms with van der Waals surface area (Å²) in [4.78, 5) is 1.20. The first-order valence-electron chi connectivity index (χ1n) is 2.84. The quantitative estimate of drug-likeness (QED) is 0.474. The molecule has 1 aliphatic carbocycles. The van der Waals surface area contributed by atoms with Crippen molar-refractivity contribution in [1.29, 1.82) is 0 Å². The Kier molecular flexibility index (Phi) is 1.79. The van der Waals surface area contributed by atoms with Crippen LogP contribution in [0.2, 0.25) is 0 Å². The molecule has 0 N–H and O–H groups in total. The zero-order valence-corrected chi connectivity index (χ0v) is 5.91. The summed E-state index contributed by atoms with van der Waals surface area (Å²) in [5, 5.41) is 0. The largest absolute Gasteiger partial charge is 0.148 e. The number of allylic oxidation sites excluding steroid dienone is 4. The van der Waals surface area contributed by atoms with E-state index in [1.807, 2.05) is 0 Å². The van der Waals surface area contributed by atoms with Crippen LogP contribution in [0.3, 0.4) is 0 Å². The zero-order chi connectivity index (χ0) is 5.98. The maximum Gasteiger partial charge on any atom is -0.0181 e. The van der Waals surface area contributed by atoms with Crippen LogP contribution in [0.15, 0.2) is 22.6 Å². The molecular formula is C7H10S. The van der Waals surface area contributed by atoms with Crippen LogP contribution >= 0.6 is 12.6 Å². The van der Waals surface area contributed by atoms with Crippen molar-refractivity contribution < 1.29 is 0 Å². The van der Waals surface area contributed by atoms with Gasteiger partial charge in [-0.1, -0.05) is 17.7 Å². The molecule has 0 saturated heterocycles. The number of hydrogen-bond acceptors (Lipinski definition) is 1. The second-order valence-electron chi connectivity index (χ2n) is 2.17. The van der Waals surface area contributed by atoms with Crippen LogP contribution in [0.1, 0.15) is 19.8 Å². The molecule has 0 aromatic carbocycles. The Balaban J connectivity index is 2.65. The lowest BCUT2D eigenvalue weighted by atomic mass is 10.1. The van der Waals surface area contributed by atoms with Gasteiger partial charge in [0.25, 0.3) is 0 Å². The summed E-state index contributed by atoms with van der Waals surface area (Å²) < 4.78 is 0. The van der Waals surface area contributed by atoms with Gasteiger partial charge in [0.1, 0.15) is 0 Å². The Morgan fingerprint density at radius 1 is 1.38 bits per heavy atom. The van der Waals surface area contributed by atoms with Gasteiger partial charge in [-0.15, -0.1) is 12.6 Å². The van der Waals surface area contributed by atoms with Gasteiger partial charge in [0.2, 0.25) is 0 Å². The van der Waals surface area contributed by atoms with Gasteiger partial charge in [-0.25, -0.2) is 0 Å². The Hall–Kier alpha value is -0.170.